The second kappa shape index (κ2) is 27.8. The number of rotatable bonds is 17. The number of imidazole rings is 6. The molecule has 0 amide bonds. The van der Waals surface area contributed by atoms with Crippen molar-refractivity contribution in [2.75, 3.05) is 117 Å². The summed E-state index contributed by atoms with van der Waals surface area (Å²) in [4.78, 5) is 83.5. The van der Waals surface area contributed by atoms with Crippen LogP contribution in [0.1, 0.15) is 17.5 Å². The minimum Gasteiger partial charge on any atom is -0.497 e. The molecule has 3 aliphatic heterocycles. The molecule has 0 saturated carbocycles. The molecule has 31 nitrogen and oxygen atoms in total. The second-order valence-electron chi connectivity index (χ2n) is 22.8. The summed E-state index contributed by atoms with van der Waals surface area (Å²) >= 11 is 11.0. The van der Waals surface area contributed by atoms with E-state index < -0.39 is 4.92 Å². The number of benzene rings is 3. The summed E-state index contributed by atoms with van der Waals surface area (Å²) < 4.78 is 27.7. The molecule has 0 atom stereocenters. The van der Waals surface area contributed by atoms with Crippen molar-refractivity contribution in [1.29, 1.82) is 0 Å². The third-order valence-corrected chi connectivity index (χ3v) is 18.9. The Labute approximate surface area is 578 Å². The van der Waals surface area contributed by atoms with Crippen molar-refractivity contribution in [2.24, 2.45) is 0 Å². The van der Waals surface area contributed by atoms with Gasteiger partial charge in [0.15, 0.2) is 50.9 Å². The van der Waals surface area contributed by atoms with Gasteiger partial charge in [0.1, 0.15) is 42.2 Å². The van der Waals surface area contributed by atoms with Crippen molar-refractivity contribution >= 4 is 153 Å². The molecule has 99 heavy (non-hydrogen) atoms. The minimum atomic E-state index is -0.424. The molecule has 6 N–H and O–H groups in total. The van der Waals surface area contributed by atoms with Crippen LogP contribution in [0.2, 0.25) is 5.02 Å². The number of anilines is 6. The average Bonchev–Trinajstić information content (AvgIpc) is 1.67. The van der Waals surface area contributed by atoms with Crippen LogP contribution in [0, 0.1) is 10.1 Å². The number of nitrogens with zero attached hydrogens (tertiary/aromatic N) is 19. The zero-order valence-electron chi connectivity index (χ0n) is 52.8. The van der Waals surface area contributed by atoms with Crippen LogP contribution in [-0.4, -0.2) is 179 Å². The highest BCUT2D eigenvalue weighted by Crippen LogP contribution is 2.32. The molecular formula is C64H60ClN25O6S3. The fraction of sp³-hybridized carbons (Fsp3) is 0.250. The minimum absolute atomic E-state index is 0.0160. The Morgan fingerprint density at radius 3 is 1.24 bits per heavy atom. The van der Waals surface area contributed by atoms with Gasteiger partial charge in [-0.25, -0.2) is 29.9 Å². The number of nitro benzene ring substituents is 1. The zero-order chi connectivity index (χ0) is 66.8. The van der Waals surface area contributed by atoms with E-state index in [1.807, 2.05) is 77.7 Å². The Kier molecular flexibility index (Phi) is 17.7. The van der Waals surface area contributed by atoms with Crippen molar-refractivity contribution in [2.45, 2.75) is 19.6 Å². The second-order valence-corrected chi connectivity index (χ2v) is 25.6. The first-order valence-corrected chi connectivity index (χ1v) is 34.7. The van der Waals surface area contributed by atoms with Crippen LogP contribution >= 0.6 is 45.6 Å². The van der Waals surface area contributed by atoms with Crippen LogP contribution < -0.4 is 35.4 Å². The number of nitro groups is 1. The van der Waals surface area contributed by atoms with Crippen LogP contribution in [0.25, 0.3) is 83.7 Å². The summed E-state index contributed by atoms with van der Waals surface area (Å²) in [6.07, 6.45) is 5.33. The van der Waals surface area contributed by atoms with Gasteiger partial charge in [0.2, 0.25) is 17.8 Å². The normalized spacial score (nSPS) is 14.3. The highest BCUT2D eigenvalue weighted by Gasteiger charge is 2.25. The zero-order valence-corrected chi connectivity index (χ0v) is 56.0. The number of morpholine rings is 3. The van der Waals surface area contributed by atoms with Gasteiger partial charge < -0.3 is 64.5 Å². The monoisotopic (exact) mass is 1410 g/mol. The lowest BCUT2D eigenvalue weighted by atomic mass is 10.3. The smallest absolute Gasteiger partial charge is 0.271 e. The number of thiophene rings is 3. The van der Waals surface area contributed by atoms with Gasteiger partial charge in [0.05, 0.1) is 121 Å². The summed E-state index contributed by atoms with van der Waals surface area (Å²) in [7, 11) is 1.65. The number of non-ortho nitro benzene ring substituents is 1. The van der Waals surface area contributed by atoms with Crippen LogP contribution in [0.15, 0.2) is 124 Å². The van der Waals surface area contributed by atoms with Crippen molar-refractivity contribution in [1.82, 2.24) is 88.5 Å². The molecule has 0 bridgehead atoms. The predicted octanol–water partition coefficient (Wildman–Crippen LogP) is 10.2. The molecular weight excluding hydrogens is 1350 g/mol. The molecule has 3 aromatic carbocycles. The largest absolute Gasteiger partial charge is 0.497 e. The number of halogens is 1. The van der Waals surface area contributed by atoms with Gasteiger partial charge in [-0.05, 0) is 70.7 Å². The van der Waals surface area contributed by atoms with Crippen molar-refractivity contribution < 1.29 is 23.9 Å². The summed E-state index contributed by atoms with van der Waals surface area (Å²) in [6.45, 7) is 9.59. The Balaban J connectivity index is 0.000000116. The van der Waals surface area contributed by atoms with E-state index >= 15 is 0 Å². The first-order chi connectivity index (χ1) is 48.7. The fourth-order valence-electron chi connectivity index (χ4n) is 11.6. The number of H-pyrrole nitrogens is 3. The average molecular weight is 1410 g/mol. The Morgan fingerprint density at radius 1 is 0.495 bits per heavy atom. The molecule has 3 aliphatic rings. The Hall–Kier alpha value is -11.0. The molecule has 3 saturated heterocycles. The number of fused-ring (bicyclic) bond motifs is 6. The van der Waals surface area contributed by atoms with Gasteiger partial charge in [-0.15, -0.1) is 0 Å². The molecule has 15 aromatic rings. The van der Waals surface area contributed by atoms with E-state index in [9.17, 15) is 10.1 Å². The lowest BCUT2D eigenvalue weighted by Crippen LogP contribution is -2.37. The van der Waals surface area contributed by atoms with E-state index in [2.05, 4.69) is 98.4 Å². The lowest BCUT2D eigenvalue weighted by molar-refractivity contribution is -0.384. The maximum atomic E-state index is 11.1. The summed E-state index contributed by atoms with van der Waals surface area (Å²) in [5, 5.41) is 34.2. The topological polar surface area (TPSA) is 343 Å². The van der Waals surface area contributed by atoms with Gasteiger partial charge >= 0.3 is 0 Å². The molecule has 15 heterocycles. The third kappa shape index (κ3) is 13.3. The van der Waals surface area contributed by atoms with Gasteiger partial charge in [-0.1, -0.05) is 11.6 Å². The van der Waals surface area contributed by atoms with Gasteiger partial charge in [-0.2, -0.15) is 63.9 Å². The Bertz CT molecular complexity index is 5330. The van der Waals surface area contributed by atoms with Gasteiger partial charge in [0, 0.05) is 78.6 Å². The summed E-state index contributed by atoms with van der Waals surface area (Å²) in [5.41, 5.74) is 12.2. The van der Waals surface area contributed by atoms with Gasteiger partial charge in [0.25, 0.3) is 5.69 Å². The maximum absolute atomic E-state index is 11.1. The number of nitrogens with one attached hydrogen (secondary N) is 6. The van der Waals surface area contributed by atoms with Crippen molar-refractivity contribution in [3.8, 4) is 22.8 Å². The van der Waals surface area contributed by atoms with Gasteiger partial charge in [-0.3, -0.25) is 23.8 Å². The van der Waals surface area contributed by atoms with E-state index in [0.717, 1.165) is 99.5 Å². The Morgan fingerprint density at radius 2 is 0.869 bits per heavy atom. The number of aromatic amines is 3. The molecule has 18 rings (SSSR count). The van der Waals surface area contributed by atoms with E-state index in [1.54, 1.807) is 66.2 Å². The van der Waals surface area contributed by atoms with Crippen molar-refractivity contribution in [3.05, 3.63) is 157 Å². The van der Waals surface area contributed by atoms with Crippen molar-refractivity contribution in [3.63, 3.8) is 0 Å². The third-order valence-electron chi connectivity index (χ3n) is 16.6. The fourth-order valence-corrected chi connectivity index (χ4v) is 13.7. The lowest BCUT2D eigenvalue weighted by Gasteiger charge is -2.27. The van der Waals surface area contributed by atoms with E-state index in [4.69, 9.17) is 60.5 Å². The molecule has 12 aromatic heterocycles. The number of hydrogen-bond donors (Lipinski definition) is 6. The van der Waals surface area contributed by atoms with Crippen LogP contribution in [0.5, 0.6) is 5.75 Å². The van der Waals surface area contributed by atoms with E-state index in [-0.39, 0.29) is 5.69 Å². The number of hydrogen-bond acceptors (Lipinski definition) is 27. The molecule has 35 heteroatoms. The number of aromatic nitrogens is 18. The van der Waals surface area contributed by atoms with Crippen LogP contribution in [0.4, 0.5) is 41.0 Å². The highest BCUT2D eigenvalue weighted by atomic mass is 35.5. The summed E-state index contributed by atoms with van der Waals surface area (Å²) in [5.74, 6) is 6.88. The first kappa shape index (κ1) is 62.8. The van der Waals surface area contributed by atoms with Crippen LogP contribution in [-0.2, 0) is 33.8 Å². The number of ether oxygens (including phenoxy) is 4. The summed E-state index contributed by atoms with van der Waals surface area (Å²) in [6, 6.07) is 22.1. The molecule has 0 unspecified atom stereocenters. The molecule has 0 spiro atoms. The molecule has 0 radical (unpaired) electrons. The standard InChI is InChI=1S/C22H22N8O2S.C21H19ClN8OS.C21H19N9O3S/c1-31-15-2-3-16-17(10-15)26-18(25-16)11-23-20-19-21(30(13-24-19)14-4-9-33-12-14)28-22(27-20)29-5-7-32-8-6-29;22-13-1-2-15-16(9-13)26-17(25-15)10-23-19-18-20(30(12-24-18)14-3-8-32-11-14)28-21(27-19)29-4-6-31-7-5-29;31-30(32)13-1-2-15-16(9-13)25-17(24-15)10-22-19-18-20(29(12-23-18)14-3-8-34-11-14)27-21(26-19)28-4-6-33-7-5-28/h2-4,9-10,12-13H,5-8,11H2,1H3,(H,25,26)(H,23,27,28);1-3,8-9,11-12H,4-7,10H2,(H,25,26)(H,23,27,28);1-3,8-9,11-12H,4-7,10H2,(H,24,25)(H,22,26,27). The highest BCUT2D eigenvalue weighted by molar-refractivity contribution is 7.08. The predicted molar refractivity (Wildman–Crippen MR) is 381 cm³/mol. The molecule has 3 fully saturated rings. The van der Waals surface area contributed by atoms with E-state index in [1.165, 1.54) is 12.1 Å². The van der Waals surface area contributed by atoms with Crippen LogP contribution in [0.3, 0.4) is 0 Å². The van der Waals surface area contributed by atoms with E-state index in [0.29, 0.717) is 146 Å². The number of methoxy groups -OCH3 is 1. The maximum Gasteiger partial charge on any atom is 0.271 e. The quantitative estimate of drug-likeness (QED) is 0.0364. The molecule has 502 valence electrons. The molecule has 0 aliphatic carbocycles. The first-order valence-electron chi connectivity index (χ1n) is 31.5. The SMILES string of the molecule is COc1ccc2nc(CNc3nc(N4CCOCC4)nc4c3ncn4-c3ccsc3)[nH]c2c1.Clc1ccc2nc(CNc3nc(N4CCOCC4)nc4c3ncn4-c3ccsc3)[nH]c2c1.O=[N+]([O-])c1ccc2nc(CNc3nc(N4CCOCC4)nc4c3ncn4-c3ccsc3)[nH]c2c1.